The number of urea groups is 1. The van der Waals surface area contributed by atoms with Crippen molar-refractivity contribution in [2.75, 3.05) is 14.2 Å². The van der Waals surface area contributed by atoms with Gasteiger partial charge in [0.2, 0.25) is 5.82 Å². The Balaban J connectivity index is 2.00. The molecule has 0 unspecified atom stereocenters. The molecule has 1 aliphatic heterocycles. The third kappa shape index (κ3) is 3.10. The summed E-state index contributed by atoms with van der Waals surface area (Å²) in [5, 5.41) is 2.37. The minimum Gasteiger partial charge on any atom is -0.493 e. The number of carbonyl (C=O) groups is 2. The minimum atomic E-state index is -2.33. The molecular weight excluding hydrogens is 415 g/mol. The van der Waals surface area contributed by atoms with E-state index in [0.717, 1.165) is 0 Å². The molecule has 30 heavy (non-hydrogen) atoms. The summed E-state index contributed by atoms with van der Waals surface area (Å²) in [5.74, 6) is -11.3. The number of rotatable bonds is 5. The van der Waals surface area contributed by atoms with Gasteiger partial charge in [-0.25, -0.2) is 26.7 Å². The van der Waals surface area contributed by atoms with Crippen LogP contribution in [0.4, 0.5) is 26.7 Å². The van der Waals surface area contributed by atoms with Gasteiger partial charge in [0.1, 0.15) is 5.54 Å². The molecule has 3 amide bonds. The maximum absolute atomic E-state index is 14.0. The molecule has 0 aromatic heterocycles. The molecule has 1 aliphatic rings. The number of ether oxygens (including phenoxy) is 2. The third-order valence-corrected chi connectivity index (χ3v) is 4.85. The smallest absolute Gasteiger partial charge is 0.325 e. The largest absolute Gasteiger partial charge is 0.493 e. The summed E-state index contributed by atoms with van der Waals surface area (Å²) in [4.78, 5) is 25.6. The topological polar surface area (TPSA) is 67.9 Å². The van der Waals surface area contributed by atoms with Crippen LogP contribution in [-0.2, 0) is 16.9 Å². The highest BCUT2D eigenvalue weighted by Gasteiger charge is 2.49. The molecule has 1 N–H and O–H groups in total. The van der Waals surface area contributed by atoms with Gasteiger partial charge in [-0.05, 0) is 24.6 Å². The fraction of sp³-hybridized carbons (Fsp3) is 0.263. The number of carbonyl (C=O) groups excluding carboxylic acids is 2. The van der Waals surface area contributed by atoms with Crippen LogP contribution in [0.1, 0.15) is 18.1 Å². The second kappa shape index (κ2) is 7.47. The Morgan fingerprint density at radius 1 is 0.900 bits per heavy atom. The molecule has 160 valence electrons. The van der Waals surface area contributed by atoms with Crippen LogP contribution in [0.15, 0.2) is 18.2 Å². The molecule has 1 fully saturated rings. The van der Waals surface area contributed by atoms with Crippen molar-refractivity contribution in [2.45, 2.75) is 19.0 Å². The van der Waals surface area contributed by atoms with E-state index in [1.54, 1.807) is 0 Å². The number of imide groups is 1. The Morgan fingerprint density at radius 2 is 1.43 bits per heavy atom. The van der Waals surface area contributed by atoms with Crippen molar-refractivity contribution in [3.63, 3.8) is 0 Å². The van der Waals surface area contributed by atoms with Crippen molar-refractivity contribution in [1.29, 1.82) is 0 Å². The first-order chi connectivity index (χ1) is 14.1. The summed E-state index contributed by atoms with van der Waals surface area (Å²) in [6.07, 6.45) is 0. The number of hydrogen-bond acceptors (Lipinski definition) is 4. The van der Waals surface area contributed by atoms with E-state index in [9.17, 15) is 31.5 Å². The summed E-state index contributed by atoms with van der Waals surface area (Å²) in [6, 6.07) is 3.28. The minimum absolute atomic E-state index is 0.247. The van der Waals surface area contributed by atoms with E-state index >= 15 is 0 Å². The lowest BCUT2D eigenvalue weighted by molar-refractivity contribution is -0.131. The first-order valence-electron chi connectivity index (χ1n) is 8.43. The molecule has 11 heteroatoms. The SMILES string of the molecule is COc1ccc([C@]2(C)NC(=O)N(Cc3c(F)c(F)c(F)c(F)c3F)C2=O)cc1OC. The molecule has 0 radical (unpaired) electrons. The third-order valence-electron chi connectivity index (χ3n) is 4.85. The number of halogens is 5. The van der Waals surface area contributed by atoms with Crippen molar-refractivity contribution in [3.8, 4) is 11.5 Å². The first-order valence-corrected chi connectivity index (χ1v) is 8.43. The Morgan fingerprint density at radius 3 is 1.97 bits per heavy atom. The number of hydrogen-bond donors (Lipinski definition) is 1. The van der Waals surface area contributed by atoms with E-state index in [-0.39, 0.29) is 11.3 Å². The summed E-state index contributed by atoms with van der Waals surface area (Å²) < 4.78 is 78.4. The van der Waals surface area contributed by atoms with E-state index in [1.165, 1.54) is 39.3 Å². The van der Waals surface area contributed by atoms with Gasteiger partial charge in [0.15, 0.2) is 34.8 Å². The second-order valence-electron chi connectivity index (χ2n) is 6.56. The predicted octanol–water partition coefficient (Wildman–Crippen LogP) is 3.37. The van der Waals surface area contributed by atoms with Crippen molar-refractivity contribution in [3.05, 3.63) is 58.4 Å². The van der Waals surface area contributed by atoms with Gasteiger partial charge < -0.3 is 14.8 Å². The molecular formula is C19H15F5N2O4. The molecule has 1 atom stereocenters. The number of benzene rings is 2. The van der Waals surface area contributed by atoms with Crippen LogP contribution in [-0.4, -0.2) is 31.1 Å². The molecule has 0 saturated carbocycles. The van der Waals surface area contributed by atoms with Crippen molar-refractivity contribution in [2.24, 2.45) is 0 Å². The number of methoxy groups -OCH3 is 2. The highest BCUT2D eigenvalue weighted by atomic mass is 19.2. The van der Waals surface area contributed by atoms with E-state index in [4.69, 9.17) is 9.47 Å². The van der Waals surface area contributed by atoms with Gasteiger partial charge in [-0.2, -0.15) is 0 Å². The average molecular weight is 430 g/mol. The van der Waals surface area contributed by atoms with E-state index < -0.39 is 58.7 Å². The normalized spacial score (nSPS) is 18.6. The van der Waals surface area contributed by atoms with Gasteiger partial charge in [-0.3, -0.25) is 9.69 Å². The van der Waals surface area contributed by atoms with Crippen LogP contribution >= 0.6 is 0 Å². The van der Waals surface area contributed by atoms with Crippen LogP contribution in [0.3, 0.4) is 0 Å². The molecule has 2 aromatic carbocycles. The van der Waals surface area contributed by atoms with Gasteiger partial charge in [-0.1, -0.05) is 6.07 Å². The van der Waals surface area contributed by atoms with Gasteiger partial charge in [-0.15, -0.1) is 0 Å². The molecule has 1 heterocycles. The fourth-order valence-electron chi connectivity index (χ4n) is 3.13. The van der Waals surface area contributed by atoms with E-state index in [1.807, 2.05) is 0 Å². The van der Waals surface area contributed by atoms with Crippen LogP contribution in [0.25, 0.3) is 0 Å². The number of amides is 3. The summed E-state index contributed by atoms with van der Waals surface area (Å²) in [5.41, 5.74) is -2.73. The lowest BCUT2D eigenvalue weighted by Crippen LogP contribution is -2.40. The standard InChI is InChI=1S/C19H15F5N2O4/c1-19(8-4-5-10(29-2)11(6-8)30-3)17(27)26(18(28)25-19)7-9-12(20)14(22)16(24)15(23)13(9)21/h4-6H,7H2,1-3H3,(H,25,28)/t19-/m0/s1. The molecule has 3 rings (SSSR count). The summed E-state index contributed by atoms with van der Waals surface area (Å²) >= 11 is 0. The maximum atomic E-state index is 14.0. The number of nitrogens with one attached hydrogen (secondary N) is 1. The Hall–Kier alpha value is -3.37. The summed E-state index contributed by atoms with van der Waals surface area (Å²) in [6.45, 7) is 0.173. The second-order valence-corrected chi connectivity index (χ2v) is 6.56. The van der Waals surface area contributed by atoms with E-state index in [0.29, 0.717) is 10.6 Å². The Bertz CT molecular complexity index is 1030. The van der Waals surface area contributed by atoms with Crippen molar-refractivity contribution >= 4 is 11.9 Å². The molecule has 0 bridgehead atoms. The van der Waals surface area contributed by atoms with Crippen LogP contribution in [0.5, 0.6) is 11.5 Å². The molecule has 1 saturated heterocycles. The zero-order valence-corrected chi connectivity index (χ0v) is 15.9. The van der Waals surface area contributed by atoms with Crippen LogP contribution in [0.2, 0.25) is 0 Å². The summed E-state index contributed by atoms with van der Waals surface area (Å²) in [7, 11) is 2.75. The Labute approximate surface area is 167 Å². The zero-order chi connectivity index (χ0) is 22.4. The molecule has 0 aliphatic carbocycles. The first kappa shape index (κ1) is 21.3. The lowest BCUT2D eigenvalue weighted by Gasteiger charge is -2.23. The highest BCUT2D eigenvalue weighted by Crippen LogP contribution is 2.36. The van der Waals surface area contributed by atoms with Gasteiger partial charge in [0, 0.05) is 5.56 Å². The fourth-order valence-corrected chi connectivity index (χ4v) is 3.13. The van der Waals surface area contributed by atoms with Gasteiger partial charge in [0.25, 0.3) is 5.91 Å². The monoisotopic (exact) mass is 430 g/mol. The van der Waals surface area contributed by atoms with Crippen LogP contribution in [0, 0.1) is 29.1 Å². The van der Waals surface area contributed by atoms with Gasteiger partial charge >= 0.3 is 6.03 Å². The number of nitrogens with zero attached hydrogens (tertiary/aromatic N) is 1. The Kier molecular flexibility index (Phi) is 5.31. The molecule has 0 spiro atoms. The molecule has 2 aromatic rings. The van der Waals surface area contributed by atoms with Crippen molar-refractivity contribution in [1.82, 2.24) is 10.2 Å². The zero-order valence-electron chi connectivity index (χ0n) is 15.9. The average Bonchev–Trinajstić information content (AvgIpc) is 2.96. The van der Waals surface area contributed by atoms with Gasteiger partial charge in [0.05, 0.1) is 20.8 Å². The van der Waals surface area contributed by atoms with Crippen LogP contribution < -0.4 is 14.8 Å². The molecule has 6 nitrogen and oxygen atoms in total. The lowest BCUT2D eigenvalue weighted by atomic mass is 9.91. The highest BCUT2D eigenvalue weighted by molar-refractivity contribution is 6.07. The predicted molar refractivity (Wildman–Crippen MR) is 92.2 cm³/mol. The maximum Gasteiger partial charge on any atom is 0.325 e. The van der Waals surface area contributed by atoms with Crippen molar-refractivity contribution < 1.29 is 41.0 Å². The van der Waals surface area contributed by atoms with E-state index in [2.05, 4.69) is 5.32 Å². The quantitative estimate of drug-likeness (QED) is 0.342.